The summed E-state index contributed by atoms with van der Waals surface area (Å²) in [7, 11) is 4.61. The van der Waals surface area contributed by atoms with E-state index in [0.717, 1.165) is 0 Å². The summed E-state index contributed by atoms with van der Waals surface area (Å²) in [6, 6.07) is 15.8. The zero-order valence-corrected chi connectivity index (χ0v) is 23.8. The Morgan fingerprint density at radius 1 is 1.00 bits per heavy atom. The number of fused-ring (bicyclic) bond motifs is 1. The molecule has 0 saturated heterocycles. The monoisotopic (exact) mass is 585 g/mol. The van der Waals surface area contributed by atoms with Gasteiger partial charge in [0.15, 0.2) is 0 Å². The smallest absolute Gasteiger partial charge is 0.309 e. The van der Waals surface area contributed by atoms with E-state index in [1.54, 1.807) is 67.7 Å². The highest BCUT2D eigenvalue weighted by molar-refractivity contribution is 6.33. The molecule has 0 saturated carbocycles. The van der Waals surface area contributed by atoms with E-state index >= 15 is 0 Å². The van der Waals surface area contributed by atoms with Gasteiger partial charge in [-0.1, -0.05) is 48.0 Å². The van der Waals surface area contributed by atoms with Crippen molar-refractivity contribution >= 4 is 40.8 Å². The lowest BCUT2D eigenvalue weighted by molar-refractivity contribution is -0.150. The predicted octanol–water partition coefficient (Wildman–Crippen LogP) is 6.16. The highest BCUT2D eigenvalue weighted by atomic mass is 35.5. The largest absolute Gasteiger partial charge is 0.497 e. The summed E-state index contributed by atoms with van der Waals surface area (Å²) in [4.78, 5) is 28.4. The third-order valence-electron chi connectivity index (χ3n) is 6.44. The molecule has 1 aliphatic rings. The van der Waals surface area contributed by atoms with Gasteiger partial charge in [-0.05, 0) is 36.4 Å². The van der Waals surface area contributed by atoms with Crippen molar-refractivity contribution in [2.24, 2.45) is 0 Å². The summed E-state index contributed by atoms with van der Waals surface area (Å²) in [5, 5.41) is 0.747. The summed E-state index contributed by atoms with van der Waals surface area (Å²) in [6.07, 6.45) is -0.949. The third-order valence-corrected chi connectivity index (χ3v) is 7.08. The molecule has 3 aromatic rings. The lowest BCUT2D eigenvalue weighted by Crippen LogP contribution is -2.40. The molecule has 2 atom stereocenters. The van der Waals surface area contributed by atoms with Crippen LogP contribution < -0.4 is 19.1 Å². The number of hydrogen-bond donors (Lipinski definition) is 0. The van der Waals surface area contributed by atoms with Crippen LogP contribution in [0.25, 0.3) is 0 Å². The second-order valence-electron chi connectivity index (χ2n) is 8.85. The summed E-state index contributed by atoms with van der Waals surface area (Å²) in [5.74, 6) is 0.512. The molecule has 0 aliphatic carbocycles. The van der Waals surface area contributed by atoms with E-state index in [1.807, 2.05) is 6.07 Å². The first-order chi connectivity index (χ1) is 19.3. The average Bonchev–Trinajstić information content (AvgIpc) is 3.06. The van der Waals surface area contributed by atoms with Crippen molar-refractivity contribution in [2.45, 2.75) is 25.2 Å². The summed E-state index contributed by atoms with van der Waals surface area (Å²) in [5.41, 5.74) is 2.39. The third kappa shape index (κ3) is 6.20. The number of carbonyl (C=O) groups excluding carboxylic acids is 2. The number of nitrogens with zero attached hydrogens (tertiary/aromatic N) is 1. The number of esters is 1. The number of amides is 1. The number of carbonyl (C=O) groups is 2. The fraction of sp³-hybridized carbons (Fsp3) is 0.267. The molecular formula is C30H29Cl2NO7. The molecule has 0 radical (unpaired) electrons. The first-order valence-corrected chi connectivity index (χ1v) is 13.1. The van der Waals surface area contributed by atoms with Crippen molar-refractivity contribution in [1.82, 2.24) is 0 Å². The van der Waals surface area contributed by atoms with Gasteiger partial charge in [0, 0.05) is 27.8 Å². The minimum atomic E-state index is -1.21. The predicted molar refractivity (Wildman–Crippen MR) is 153 cm³/mol. The van der Waals surface area contributed by atoms with Crippen LogP contribution >= 0.6 is 23.2 Å². The first-order valence-electron chi connectivity index (χ1n) is 12.4. The quantitative estimate of drug-likeness (QED) is 0.208. The fourth-order valence-corrected chi connectivity index (χ4v) is 4.99. The normalized spacial score (nSPS) is 16.5. The molecule has 0 N–H and O–H groups in total. The lowest BCUT2D eigenvalue weighted by Gasteiger charge is -2.26. The van der Waals surface area contributed by atoms with E-state index in [9.17, 15) is 9.59 Å². The molecule has 210 valence electrons. The van der Waals surface area contributed by atoms with E-state index < -0.39 is 24.1 Å². The summed E-state index contributed by atoms with van der Waals surface area (Å²) < 4.78 is 27.9. The van der Waals surface area contributed by atoms with Crippen molar-refractivity contribution in [3.8, 4) is 17.2 Å². The first kappa shape index (κ1) is 29.3. The van der Waals surface area contributed by atoms with E-state index in [1.165, 1.54) is 13.2 Å². The van der Waals surface area contributed by atoms with Crippen LogP contribution in [-0.2, 0) is 25.6 Å². The van der Waals surface area contributed by atoms with Crippen molar-refractivity contribution in [2.75, 3.05) is 32.8 Å². The van der Waals surface area contributed by atoms with Crippen LogP contribution in [-0.4, -0.2) is 45.9 Å². The van der Waals surface area contributed by atoms with Gasteiger partial charge in [-0.3, -0.25) is 9.59 Å². The lowest BCUT2D eigenvalue weighted by atomic mass is 9.98. The molecule has 0 aromatic heterocycles. The number of halogens is 2. The van der Waals surface area contributed by atoms with Crippen LogP contribution in [0.5, 0.6) is 17.2 Å². The minimum absolute atomic E-state index is 0.00742. The Morgan fingerprint density at radius 3 is 2.48 bits per heavy atom. The zero-order valence-electron chi connectivity index (χ0n) is 22.3. The zero-order chi connectivity index (χ0) is 28.8. The Labute approximate surface area is 242 Å². The van der Waals surface area contributed by atoms with Crippen LogP contribution in [0.3, 0.4) is 0 Å². The summed E-state index contributed by atoms with van der Waals surface area (Å²) >= 11 is 13.2. The van der Waals surface area contributed by atoms with Gasteiger partial charge in [-0.25, -0.2) is 0 Å². The Kier molecular flexibility index (Phi) is 9.58. The topological polar surface area (TPSA) is 83.5 Å². The van der Waals surface area contributed by atoms with Crippen molar-refractivity contribution < 1.29 is 33.3 Å². The van der Waals surface area contributed by atoms with E-state index in [0.29, 0.717) is 49.7 Å². The molecule has 10 heteroatoms. The molecule has 3 aromatic carbocycles. The fourth-order valence-electron chi connectivity index (χ4n) is 4.51. The van der Waals surface area contributed by atoms with Gasteiger partial charge in [-0.15, -0.1) is 0 Å². The molecule has 4 rings (SSSR count). The molecule has 0 fully saturated rings. The Hall–Kier alpha value is -3.72. The number of methoxy groups -OCH3 is 3. The Balaban J connectivity index is 1.87. The maximum Gasteiger partial charge on any atom is 0.309 e. The molecular weight excluding hydrogens is 557 g/mol. The van der Waals surface area contributed by atoms with Gasteiger partial charge in [0.05, 0.1) is 45.0 Å². The number of ether oxygens (including phenoxy) is 5. The van der Waals surface area contributed by atoms with E-state index in [4.69, 9.17) is 46.9 Å². The van der Waals surface area contributed by atoms with E-state index in [2.05, 4.69) is 6.58 Å². The number of hydrogen-bond acceptors (Lipinski definition) is 7. The average molecular weight is 586 g/mol. The maximum absolute atomic E-state index is 14.1. The maximum atomic E-state index is 14.1. The molecule has 0 spiro atoms. The van der Waals surface area contributed by atoms with Gasteiger partial charge in [0.2, 0.25) is 0 Å². The van der Waals surface area contributed by atoms with Gasteiger partial charge in [0.1, 0.15) is 36.1 Å². The molecule has 0 unspecified atom stereocenters. The van der Waals surface area contributed by atoms with Crippen LogP contribution in [0.2, 0.25) is 10.0 Å². The number of rotatable bonds is 10. The molecule has 1 amide bonds. The molecule has 0 bridgehead atoms. The van der Waals surface area contributed by atoms with Gasteiger partial charge < -0.3 is 28.6 Å². The van der Waals surface area contributed by atoms with Crippen LogP contribution in [0.1, 0.15) is 29.2 Å². The Bertz CT molecular complexity index is 1410. The highest BCUT2D eigenvalue weighted by Gasteiger charge is 2.39. The van der Waals surface area contributed by atoms with Crippen molar-refractivity contribution in [3.63, 3.8) is 0 Å². The minimum Gasteiger partial charge on any atom is -0.497 e. The van der Waals surface area contributed by atoms with Gasteiger partial charge >= 0.3 is 5.97 Å². The Morgan fingerprint density at radius 2 is 1.77 bits per heavy atom. The van der Waals surface area contributed by atoms with Gasteiger partial charge in [0.25, 0.3) is 5.91 Å². The standard InChI is InChI=1S/C30H29Cl2NO7/c1-5-13-39-27(34)16-26-30(35)33(17-18-9-11-20(36-2)15-25(18)38-4)23-12-10-19(31)14-22(23)29(40-26)21-7-6-8-24(37-3)28(21)32/h5-12,14-15,26,29H,1,13,16-17H2,2-4H3/t26-,29-/m1/s1. The second-order valence-corrected chi connectivity index (χ2v) is 9.66. The molecule has 8 nitrogen and oxygen atoms in total. The van der Waals surface area contributed by atoms with E-state index in [-0.39, 0.29) is 19.6 Å². The van der Waals surface area contributed by atoms with Crippen molar-refractivity contribution in [1.29, 1.82) is 0 Å². The number of anilines is 1. The highest BCUT2D eigenvalue weighted by Crippen LogP contribution is 2.44. The van der Waals surface area contributed by atoms with Crippen LogP contribution in [0, 0.1) is 0 Å². The van der Waals surface area contributed by atoms with Gasteiger partial charge in [-0.2, -0.15) is 0 Å². The van der Waals surface area contributed by atoms with Crippen LogP contribution in [0.15, 0.2) is 67.3 Å². The second kappa shape index (κ2) is 13.1. The molecule has 1 aliphatic heterocycles. The van der Waals surface area contributed by atoms with Crippen molar-refractivity contribution in [3.05, 3.63) is 94.0 Å². The number of benzene rings is 3. The summed E-state index contributed by atoms with van der Waals surface area (Å²) in [6.45, 7) is 3.69. The molecule has 40 heavy (non-hydrogen) atoms. The molecule has 1 heterocycles. The SMILES string of the molecule is C=CCOC(=O)C[C@H]1O[C@H](c2cccc(OC)c2Cl)c2cc(Cl)ccc2N(Cc2ccc(OC)cc2OC)C1=O. The van der Waals surface area contributed by atoms with Crippen LogP contribution in [0.4, 0.5) is 5.69 Å².